The van der Waals surface area contributed by atoms with Crippen LogP contribution in [0, 0.1) is 12.8 Å². The van der Waals surface area contributed by atoms with E-state index in [1.807, 2.05) is 6.92 Å². The molecular weight excluding hydrogens is 152 g/mol. The van der Waals surface area contributed by atoms with E-state index < -0.39 is 0 Å². The first-order valence-corrected chi connectivity index (χ1v) is 4.39. The summed E-state index contributed by atoms with van der Waals surface area (Å²) in [5.41, 5.74) is 7.98. The Kier molecular flexibility index (Phi) is 1.68. The van der Waals surface area contributed by atoms with Crippen molar-refractivity contribution in [2.75, 3.05) is 6.54 Å². The van der Waals surface area contributed by atoms with Crippen LogP contribution in [-0.2, 0) is 6.42 Å². The lowest BCUT2D eigenvalue weighted by Gasteiger charge is -2.12. The Morgan fingerprint density at radius 1 is 1.67 bits per heavy atom. The minimum absolute atomic E-state index is 0.464. The molecule has 0 aromatic carbocycles. The molecule has 0 spiro atoms. The minimum atomic E-state index is 0.464. The Balaban J connectivity index is 2.43. The first-order chi connectivity index (χ1) is 5.74. The topological polar surface area (TPSA) is 52.0 Å². The molecule has 2 rings (SSSR count). The number of aromatic nitrogens is 1. The SMILES string of the molecule is Cc1noc2c1C(CN)C(C)C2. The second kappa shape index (κ2) is 2.59. The molecule has 0 saturated carbocycles. The summed E-state index contributed by atoms with van der Waals surface area (Å²) in [6.07, 6.45) is 0.998. The Labute approximate surface area is 71.9 Å². The van der Waals surface area contributed by atoms with E-state index >= 15 is 0 Å². The fourth-order valence-electron chi connectivity index (χ4n) is 2.12. The van der Waals surface area contributed by atoms with Crippen molar-refractivity contribution in [2.45, 2.75) is 26.2 Å². The van der Waals surface area contributed by atoms with Crippen molar-refractivity contribution in [1.82, 2.24) is 5.16 Å². The van der Waals surface area contributed by atoms with Gasteiger partial charge in [-0.05, 0) is 19.4 Å². The van der Waals surface area contributed by atoms with Gasteiger partial charge < -0.3 is 10.3 Å². The van der Waals surface area contributed by atoms with Crippen molar-refractivity contribution in [1.29, 1.82) is 0 Å². The molecule has 12 heavy (non-hydrogen) atoms. The molecule has 1 aliphatic rings. The van der Waals surface area contributed by atoms with E-state index in [9.17, 15) is 0 Å². The maximum Gasteiger partial charge on any atom is 0.140 e. The van der Waals surface area contributed by atoms with Gasteiger partial charge in [0, 0.05) is 17.9 Å². The summed E-state index contributed by atoms with van der Waals surface area (Å²) in [4.78, 5) is 0. The summed E-state index contributed by atoms with van der Waals surface area (Å²) in [6.45, 7) is 4.91. The molecule has 0 fully saturated rings. The van der Waals surface area contributed by atoms with Crippen molar-refractivity contribution < 1.29 is 4.52 Å². The summed E-state index contributed by atoms with van der Waals surface area (Å²) in [7, 11) is 0. The molecule has 2 N–H and O–H groups in total. The van der Waals surface area contributed by atoms with Gasteiger partial charge in [0.1, 0.15) is 5.76 Å². The molecule has 0 bridgehead atoms. The smallest absolute Gasteiger partial charge is 0.140 e. The molecule has 0 amide bonds. The van der Waals surface area contributed by atoms with Gasteiger partial charge in [-0.3, -0.25) is 0 Å². The van der Waals surface area contributed by atoms with E-state index in [-0.39, 0.29) is 0 Å². The third-order valence-corrected chi connectivity index (χ3v) is 2.80. The summed E-state index contributed by atoms with van der Waals surface area (Å²) < 4.78 is 5.20. The van der Waals surface area contributed by atoms with E-state index in [1.54, 1.807) is 0 Å². The highest BCUT2D eigenvalue weighted by Gasteiger charge is 2.33. The van der Waals surface area contributed by atoms with Crippen molar-refractivity contribution in [3.63, 3.8) is 0 Å². The van der Waals surface area contributed by atoms with E-state index in [0.717, 1.165) is 17.9 Å². The van der Waals surface area contributed by atoms with Gasteiger partial charge in [-0.25, -0.2) is 0 Å². The molecule has 1 aliphatic carbocycles. The van der Waals surface area contributed by atoms with Gasteiger partial charge in [0.05, 0.1) is 5.69 Å². The van der Waals surface area contributed by atoms with E-state index in [0.29, 0.717) is 18.4 Å². The van der Waals surface area contributed by atoms with Crippen LogP contribution in [0.15, 0.2) is 4.52 Å². The zero-order valence-electron chi connectivity index (χ0n) is 7.50. The van der Waals surface area contributed by atoms with Crippen LogP contribution >= 0.6 is 0 Å². The van der Waals surface area contributed by atoms with Crippen LogP contribution < -0.4 is 5.73 Å². The number of aryl methyl sites for hydroxylation is 1. The fraction of sp³-hybridized carbons (Fsp3) is 0.667. The Hall–Kier alpha value is -0.830. The predicted octanol–water partition coefficient (Wildman–Crippen LogP) is 1.22. The normalized spacial score (nSPS) is 27.6. The van der Waals surface area contributed by atoms with E-state index in [2.05, 4.69) is 12.1 Å². The Bertz CT molecular complexity index is 293. The van der Waals surface area contributed by atoms with Crippen LogP contribution in [0.1, 0.15) is 29.9 Å². The minimum Gasteiger partial charge on any atom is -0.361 e. The lowest BCUT2D eigenvalue weighted by atomic mass is 9.94. The number of hydrogen-bond donors (Lipinski definition) is 1. The van der Waals surface area contributed by atoms with Gasteiger partial charge in [-0.15, -0.1) is 0 Å². The molecule has 3 heteroatoms. The number of hydrogen-bond acceptors (Lipinski definition) is 3. The molecule has 1 heterocycles. The highest BCUT2D eigenvalue weighted by molar-refractivity contribution is 5.32. The molecule has 0 radical (unpaired) electrons. The van der Waals surface area contributed by atoms with E-state index in [1.165, 1.54) is 5.56 Å². The summed E-state index contributed by atoms with van der Waals surface area (Å²) in [5.74, 6) is 2.13. The standard InChI is InChI=1S/C9H14N2O/c1-5-3-8-9(7(5)4-10)6(2)11-12-8/h5,7H,3-4,10H2,1-2H3. The molecule has 3 nitrogen and oxygen atoms in total. The van der Waals surface area contributed by atoms with Gasteiger partial charge in [-0.1, -0.05) is 12.1 Å². The number of fused-ring (bicyclic) bond motifs is 1. The first-order valence-electron chi connectivity index (χ1n) is 4.39. The van der Waals surface area contributed by atoms with Crippen LogP contribution in [0.25, 0.3) is 0 Å². The van der Waals surface area contributed by atoms with Gasteiger partial charge in [0.15, 0.2) is 0 Å². The van der Waals surface area contributed by atoms with Gasteiger partial charge in [0.2, 0.25) is 0 Å². The van der Waals surface area contributed by atoms with Crippen molar-refractivity contribution in [3.05, 3.63) is 17.0 Å². The van der Waals surface area contributed by atoms with Gasteiger partial charge >= 0.3 is 0 Å². The molecule has 1 aromatic rings. The van der Waals surface area contributed by atoms with Crippen LogP contribution in [0.3, 0.4) is 0 Å². The molecule has 1 aromatic heterocycles. The second-order valence-electron chi connectivity index (χ2n) is 3.63. The van der Waals surface area contributed by atoms with Crippen LogP contribution in [-0.4, -0.2) is 11.7 Å². The number of rotatable bonds is 1. The average Bonchev–Trinajstić information content (AvgIpc) is 2.52. The third-order valence-electron chi connectivity index (χ3n) is 2.80. The van der Waals surface area contributed by atoms with E-state index in [4.69, 9.17) is 10.3 Å². The highest BCUT2D eigenvalue weighted by Crippen LogP contribution is 2.38. The number of nitrogens with two attached hydrogens (primary N) is 1. The monoisotopic (exact) mass is 166 g/mol. The van der Waals surface area contributed by atoms with Gasteiger partial charge in [-0.2, -0.15) is 0 Å². The molecular formula is C9H14N2O. The molecule has 66 valence electrons. The summed E-state index contributed by atoms with van der Waals surface area (Å²) in [6, 6.07) is 0. The van der Waals surface area contributed by atoms with Crippen LogP contribution in [0.2, 0.25) is 0 Å². The van der Waals surface area contributed by atoms with Crippen molar-refractivity contribution in [3.8, 4) is 0 Å². The van der Waals surface area contributed by atoms with Gasteiger partial charge in [0.25, 0.3) is 0 Å². The zero-order chi connectivity index (χ0) is 8.72. The highest BCUT2D eigenvalue weighted by atomic mass is 16.5. The van der Waals surface area contributed by atoms with Crippen molar-refractivity contribution in [2.24, 2.45) is 11.7 Å². The lowest BCUT2D eigenvalue weighted by molar-refractivity contribution is 0.365. The van der Waals surface area contributed by atoms with Crippen LogP contribution in [0.4, 0.5) is 0 Å². The second-order valence-corrected chi connectivity index (χ2v) is 3.63. The predicted molar refractivity (Wildman–Crippen MR) is 45.9 cm³/mol. The largest absolute Gasteiger partial charge is 0.361 e. The Morgan fingerprint density at radius 2 is 2.42 bits per heavy atom. The lowest BCUT2D eigenvalue weighted by Crippen LogP contribution is -2.16. The maximum atomic E-state index is 5.70. The summed E-state index contributed by atoms with van der Waals surface area (Å²) in [5, 5.41) is 3.94. The van der Waals surface area contributed by atoms with Crippen molar-refractivity contribution >= 4 is 0 Å². The third kappa shape index (κ3) is 0.894. The Morgan fingerprint density at radius 3 is 3.08 bits per heavy atom. The van der Waals surface area contributed by atoms with Crippen LogP contribution in [0.5, 0.6) is 0 Å². The molecule has 2 atom stereocenters. The molecule has 0 aliphatic heterocycles. The quantitative estimate of drug-likeness (QED) is 0.682. The fourth-order valence-corrected chi connectivity index (χ4v) is 2.12. The molecule has 0 saturated heterocycles. The maximum absolute atomic E-state index is 5.70. The number of nitrogens with zero attached hydrogens (tertiary/aromatic N) is 1. The summed E-state index contributed by atoms with van der Waals surface area (Å²) >= 11 is 0. The zero-order valence-corrected chi connectivity index (χ0v) is 7.50. The first kappa shape index (κ1) is 7.80. The average molecular weight is 166 g/mol. The molecule has 2 unspecified atom stereocenters.